The van der Waals surface area contributed by atoms with Gasteiger partial charge in [-0.3, -0.25) is 9.59 Å². The molecular formula is C20H28Cl2N2O2. The lowest BCUT2D eigenvalue weighted by Gasteiger charge is -2.32. The molecule has 1 atom stereocenters. The first kappa shape index (κ1) is 21.0. The first-order chi connectivity index (χ1) is 12.5. The molecular weight excluding hydrogens is 371 g/mol. The van der Waals surface area contributed by atoms with Gasteiger partial charge in [-0.25, -0.2) is 0 Å². The molecule has 0 aliphatic heterocycles. The third-order valence-electron chi connectivity index (χ3n) is 5.00. The second-order valence-electron chi connectivity index (χ2n) is 6.88. The Bertz CT molecular complexity index is 630. The fraction of sp³-hybridized carbons (Fsp3) is 0.600. The largest absolute Gasteiger partial charge is 0.352 e. The summed E-state index contributed by atoms with van der Waals surface area (Å²) in [7, 11) is 0. The Kier molecular flexibility index (Phi) is 8.23. The third kappa shape index (κ3) is 5.62. The van der Waals surface area contributed by atoms with Crippen LogP contribution in [0.15, 0.2) is 18.2 Å². The minimum atomic E-state index is -0.490. The molecule has 0 unspecified atom stereocenters. The van der Waals surface area contributed by atoms with E-state index in [1.807, 2.05) is 19.9 Å². The number of rotatable bonds is 7. The van der Waals surface area contributed by atoms with E-state index in [0.717, 1.165) is 31.2 Å². The molecule has 1 aliphatic rings. The highest BCUT2D eigenvalue weighted by Gasteiger charge is 2.29. The number of nitrogens with one attached hydrogen (secondary N) is 1. The highest BCUT2D eigenvalue weighted by Crippen LogP contribution is 2.24. The molecule has 0 bridgehead atoms. The predicted molar refractivity (Wildman–Crippen MR) is 106 cm³/mol. The zero-order valence-corrected chi connectivity index (χ0v) is 17.1. The van der Waals surface area contributed by atoms with E-state index in [9.17, 15) is 9.59 Å². The Labute approximate surface area is 166 Å². The Hall–Kier alpha value is -1.26. The third-order valence-corrected chi connectivity index (χ3v) is 5.58. The minimum absolute atomic E-state index is 0.0540. The van der Waals surface area contributed by atoms with Gasteiger partial charge in [-0.15, -0.1) is 0 Å². The highest BCUT2D eigenvalue weighted by molar-refractivity contribution is 6.35. The number of benzene rings is 1. The van der Waals surface area contributed by atoms with E-state index in [1.165, 1.54) is 6.42 Å². The molecule has 0 radical (unpaired) electrons. The lowest BCUT2D eigenvalue weighted by Crippen LogP contribution is -2.51. The molecule has 0 spiro atoms. The molecule has 6 heteroatoms. The second kappa shape index (κ2) is 10.2. The van der Waals surface area contributed by atoms with Gasteiger partial charge in [0.05, 0.1) is 0 Å². The van der Waals surface area contributed by atoms with Crippen molar-refractivity contribution < 1.29 is 9.59 Å². The minimum Gasteiger partial charge on any atom is -0.352 e. The molecule has 1 aromatic rings. The summed E-state index contributed by atoms with van der Waals surface area (Å²) in [4.78, 5) is 27.1. The van der Waals surface area contributed by atoms with Crippen LogP contribution in [0.4, 0.5) is 0 Å². The van der Waals surface area contributed by atoms with Crippen LogP contribution in [0.5, 0.6) is 0 Å². The average molecular weight is 399 g/mol. The summed E-state index contributed by atoms with van der Waals surface area (Å²) in [5.41, 5.74) is 0.793. The van der Waals surface area contributed by atoms with Crippen LogP contribution in [0, 0.1) is 0 Å². The van der Waals surface area contributed by atoms with Gasteiger partial charge in [0.1, 0.15) is 6.04 Å². The fourth-order valence-electron chi connectivity index (χ4n) is 3.50. The molecule has 4 nitrogen and oxygen atoms in total. The van der Waals surface area contributed by atoms with Crippen molar-refractivity contribution in [1.82, 2.24) is 10.2 Å². The molecule has 1 fully saturated rings. The van der Waals surface area contributed by atoms with Crippen LogP contribution < -0.4 is 5.32 Å². The molecule has 0 heterocycles. The van der Waals surface area contributed by atoms with Gasteiger partial charge in [0.15, 0.2) is 0 Å². The van der Waals surface area contributed by atoms with Crippen LogP contribution in [0.2, 0.25) is 10.0 Å². The lowest BCUT2D eigenvalue weighted by molar-refractivity contribution is -0.141. The van der Waals surface area contributed by atoms with Crippen LogP contribution in [0.3, 0.4) is 0 Å². The van der Waals surface area contributed by atoms with Crippen molar-refractivity contribution in [2.24, 2.45) is 0 Å². The van der Waals surface area contributed by atoms with Gasteiger partial charge < -0.3 is 10.2 Å². The molecule has 26 heavy (non-hydrogen) atoms. The molecule has 2 amide bonds. The van der Waals surface area contributed by atoms with Gasteiger partial charge in [0.25, 0.3) is 0 Å². The van der Waals surface area contributed by atoms with Crippen LogP contribution in [0.1, 0.15) is 64.4 Å². The summed E-state index contributed by atoms with van der Waals surface area (Å²) in [6.07, 6.45) is 6.49. The number of halogens is 2. The molecule has 0 aromatic heterocycles. The van der Waals surface area contributed by atoms with E-state index >= 15 is 0 Å². The molecule has 144 valence electrons. The summed E-state index contributed by atoms with van der Waals surface area (Å²) < 4.78 is 0. The van der Waals surface area contributed by atoms with Crippen molar-refractivity contribution in [3.8, 4) is 0 Å². The van der Waals surface area contributed by atoms with E-state index in [2.05, 4.69) is 5.32 Å². The summed E-state index contributed by atoms with van der Waals surface area (Å²) in [5.74, 6) is -0.118. The molecule has 0 saturated heterocycles. The Morgan fingerprint density at radius 2 is 1.88 bits per heavy atom. The number of hydrogen-bond acceptors (Lipinski definition) is 2. The zero-order chi connectivity index (χ0) is 19.1. The van der Waals surface area contributed by atoms with Crippen molar-refractivity contribution in [3.63, 3.8) is 0 Å². The van der Waals surface area contributed by atoms with Gasteiger partial charge in [-0.2, -0.15) is 0 Å². The van der Waals surface area contributed by atoms with Gasteiger partial charge in [-0.05, 0) is 37.0 Å². The Morgan fingerprint density at radius 3 is 2.46 bits per heavy atom. The molecule has 1 N–H and O–H groups in total. The maximum Gasteiger partial charge on any atom is 0.243 e. The van der Waals surface area contributed by atoms with Crippen LogP contribution in [-0.2, 0) is 16.1 Å². The summed E-state index contributed by atoms with van der Waals surface area (Å²) >= 11 is 12.2. The number of hydrogen-bond donors (Lipinski definition) is 1. The quantitative estimate of drug-likeness (QED) is 0.705. The Morgan fingerprint density at radius 1 is 1.19 bits per heavy atom. The second-order valence-corrected chi connectivity index (χ2v) is 7.72. The van der Waals surface area contributed by atoms with E-state index in [-0.39, 0.29) is 17.9 Å². The lowest BCUT2D eigenvalue weighted by atomic mass is 9.95. The Balaban J connectivity index is 2.16. The zero-order valence-electron chi connectivity index (χ0n) is 15.6. The van der Waals surface area contributed by atoms with Gasteiger partial charge >= 0.3 is 0 Å². The summed E-state index contributed by atoms with van der Waals surface area (Å²) in [6.45, 7) is 4.05. The van der Waals surface area contributed by atoms with Crippen molar-refractivity contribution in [3.05, 3.63) is 33.8 Å². The number of amides is 2. The van der Waals surface area contributed by atoms with Gasteiger partial charge in [0.2, 0.25) is 11.8 Å². The molecule has 2 rings (SSSR count). The maximum atomic E-state index is 12.9. The smallest absolute Gasteiger partial charge is 0.243 e. The number of nitrogens with zero attached hydrogens (tertiary/aromatic N) is 1. The fourth-order valence-corrected chi connectivity index (χ4v) is 3.97. The summed E-state index contributed by atoms with van der Waals surface area (Å²) in [5, 5.41) is 4.21. The normalized spacial score (nSPS) is 16.2. The van der Waals surface area contributed by atoms with E-state index in [4.69, 9.17) is 23.2 Å². The van der Waals surface area contributed by atoms with E-state index in [1.54, 1.807) is 17.0 Å². The van der Waals surface area contributed by atoms with Crippen LogP contribution in [-0.4, -0.2) is 28.8 Å². The van der Waals surface area contributed by atoms with Crippen molar-refractivity contribution in [2.75, 3.05) is 0 Å². The van der Waals surface area contributed by atoms with E-state index < -0.39 is 6.04 Å². The van der Waals surface area contributed by atoms with Crippen LogP contribution in [0.25, 0.3) is 0 Å². The predicted octanol–water partition coefficient (Wildman–Crippen LogP) is 4.96. The average Bonchev–Trinajstić information content (AvgIpc) is 2.63. The molecule has 1 aliphatic carbocycles. The van der Waals surface area contributed by atoms with Crippen molar-refractivity contribution >= 4 is 35.0 Å². The highest BCUT2D eigenvalue weighted by atomic mass is 35.5. The monoisotopic (exact) mass is 398 g/mol. The first-order valence-electron chi connectivity index (χ1n) is 9.50. The van der Waals surface area contributed by atoms with Gasteiger partial charge in [0, 0.05) is 29.1 Å². The van der Waals surface area contributed by atoms with E-state index in [0.29, 0.717) is 29.4 Å². The van der Waals surface area contributed by atoms with Crippen molar-refractivity contribution in [2.45, 2.75) is 77.4 Å². The number of carbonyl (C=O) groups excluding carboxylic acids is 2. The van der Waals surface area contributed by atoms with Crippen LogP contribution >= 0.6 is 23.2 Å². The van der Waals surface area contributed by atoms with Crippen molar-refractivity contribution in [1.29, 1.82) is 0 Å². The van der Waals surface area contributed by atoms with Gasteiger partial charge in [-0.1, -0.05) is 62.4 Å². The summed E-state index contributed by atoms with van der Waals surface area (Å²) in [6, 6.07) is 4.96. The topological polar surface area (TPSA) is 49.4 Å². The molecule has 1 saturated carbocycles. The SMILES string of the molecule is CCC(=O)N(Cc1ccc(Cl)cc1Cl)[C@@H](CC)C(=O)NC1CCCCC1. The number of carbonyl (C=O) groups is 2. The maximum absolute atomic E-state index is 12.9. The molecule has 1 aromatic carbocycles. The first-order valence-corrected chi connectivity index (χ1v) is 10.3. The standard InChI is InChI=1S/C20H28Cl2N2O2/c1-3-18(20(26)23-16-8-6-5-7-9-16)24(19(25)4-2)13-14-10-11-15(21)12-17(14)22/h10-12,16,18H,3-9,13H2,1-2H3,(H,23,26)/t18-/m0/s1.